The molecule has 146 valence electrons. The van der Waals surface area contributed by atoms with Crippen molar-refractivity contribution in [2.24, 2.45) is 0 Å². The van der Waals surface area contributed by atoms with Crippen LogP contribution in [0.15, 0.2) is 12.4 Å². The van der Waals surface area contributed by atoms with Gasteiger partial charge in [-0.15, -0.1) is 0 Å². The molecule has 1 saturated heterocycles. The number of imidazole rings is 1. The van der Waals surface area contributed by atoms with Gasteiger partial charge in [-0.2, -0.15) is 0 Å². The molecule has 2 rings (SSSR count). The van der Waals surface area contributed by atoms with Gasteiger partial charge in [-0.05, 0) is 46.8 Å². The van der Waals surface area contributed by atoms with Crippen molar-refractivity contribution in [1.82, 2.24) is 24.7 Å². The van der Waals surface area contributed by atoms with Crippen molar-refractivity contribution < 1.29 is 14.3 Å². The summed E-state index contributed by atoms with van der Waals surface area (Å²) in [6, 6.07) is -0.577. The zero-order valence-electron chi connectivity index (χ0n) is 16.3. The zero-order valence-corrected chi connectivity index (χ0v) is 16.3. The topological polar surface area (TPSA) is 79.7 Å². The lowest BCUT2D eigenvalue weighted by Gasteiger charge is -2.33. The molecule has 2 heterocycles. The standard InChI is InChI=1S/C18H31N5O3/c1-14(20-18(25)26-4)17(24)23-11-6-15(7-12-23)16-19-8-13-22(16)10-5-9-21(2)3/h8,13-15H,5-7,9-12H2,1-4H3,(H,20,25)/t14-/m1/s1. The molecule has 8 heteroatoms. The van der Waals surface area contributed by atoms with E-state index in [9.17, 15) is 9.59 Å². The molecule has 2 amide bonds. The van der Waals surface area contributed by atoms with Crippen LogP contribution in [0.4, 0.5) is 4.79 Å². The van der Waals surface area contributed by atoms with Gasteiger partial charge in [0.25, 0.3) is 0 Å². The van der Waals surface area contributed by atoms with Gasteiger partial charge in [0.05, 0.1) is 7.11 Å². The van der Waals surface area contributed by atoms with Crippen LogP contribution in [0.5, 0.6) is 0 Å². The summed E-state index contributed by atoms with van der Waals surface area (Å²) in [5, 5.41) is 2.53. The number of carbonyl (C=O) groups excluding carboxylic acids is 2. The van der Waals surface area contributed by atoms with Crippen LogP contribution in [-0.4, -0.2) is 78.2 Å². The molecular weight excluding hydrogens is 334 g/mol. The third-order valence-corrected chi connectivity index (χ3v) is 4.81. The first kappa shape index (κ1) is 20.2. The fraction of sp³-hybridized carbons (Fsp3) is 0.722. The Hall–Kier alpha value is -2.09. The summed E-state index contributed by atoms with van der Waals surface area (Å²) in [6.45, 7) is 5.06. The van der Waals surface area contributed by atoms with E-state index in [0.717, 1.165) is 38.2 Å². The Kier molecular flexibility index (Phi) is 7.44. The summed E-state index contributed by atoms with van der Waals surface area (Å²) in [5.41, 5.74) is 0. The number of nitrogens with zero attached hydrogens (tertiary/aromatic N) is 4. The minimum absolute atomic E-state index is 0.0665. The number of hydrogen-bond donors (Lipinski definition) is 1. The lowest BCUT2D eigenvalue weighted by Crippen LogP contribution is -2.49. The van der Waals surface area contributed by atoms with Crippen molar-refractivity contribution in [2.75, 3.05) is 40.8 Å². The molecule has 1 aromatic heterocycles. The summed E-state index contributed by atoms with van der Waals surface area (Å²) >= 11 is 0. The van der Waals surface area contributed by atoms with E-state index in [1.807, 2.05) is 17.3 Å². The van der Waals surface area contributed by atoms with Crippen molar-refractivity contribution in [2.45, 2.75) is 44.7 Å². The Bertz CT molecular complexity index is 593. The first-order valence-electron chi connectivity index (χ1n) is 9.21. The molecule has 0 aromatic carbocycles. The van der Waals surface area contributed by atoms with Crippen LogP contribution in [-0.2, 0) is 16.1 Å². The van der Waals surface area contributed by atoms with E-state index in [1.165, 1.54) is 7.11 Å². The van der Waals surface area contributed by atoms with Crippen molar-refractivity contribution in [1.29, 1.82) is 0 Å². The van der Waals surface area contributed by atoms with Crippen LogP contribution < -0.4 is 5.32 Å². The molecule has 1 aliphatic heterocycles. The summed E-state index contributed by atoms with van der Waals surface area (Å²) in [6.07, 6.45) is 6.20. The van der Waals surface area contributed by atoms with E-state index in [0.29, 0.717) is 19.0 Å². The molecule has 0 saturated carbocycles. The van der Waals surface area contributed by atoms with Gasteiger partial charge in [-0.25, -0.2) is 9.78 Å². The Balaban J connectivity index is 1.86. The zero-order chi connectivity index (χ0) is 19.1. The number of amides is 2. The van der Waals surface area contributed by atoms with Crippen LogP contribution in [0, 0.1) is 0 Å². The molecule has 0 aliphatic carbocycles. The molecule has 1 fully saturated rings. The van der Waals surface area contributed by atoms with Gasteiger partial charge >= 0.3 is 6.09 Å². The molecule has 26 heavy (non-hydrogen) atoms. The predicted molar refractivity (Wildman–Crippen MR) is 99.0 cm³/mol. The van der Waals surface area contributed by atoms with Crippen LogP contribution in [0.1, 0.15) is 37.9 Å². The van der Waals surface area contributed by atoms with Gasteiger partial charge in [0.1, 0.15) is 11.9 Å². The average molecular weight is 365 g/mol. The molecule has 1 atom stereocenters. The highest BCUT2D eigenvalue weighted by Crippen LogP contribution is 2.27. The molecule has 1 N–H and O–H groups in total. The Morgan fingerprint density at radius 2 is 2.08 bits per heavy atom. The highest BCUT2D eigenvalue weighted by Gasteiger charge is 2.29. The number of nitrogens with one attached hydrogen (secondary N) is 1. The predicted octanol–water partition coefficient (Wildman–Crippen LogP) is 1.29. The molecular formula is C18H31N5O3. The van der Waals surface area contributed by atoms with Crippen molar-refractivity contribution in [3.8, 4) is 0 Å². The molecule has 0 bridgehead atoms. The van der Waals surface area contributed by atoms with Gasteiger partial charge in [0, 0.05) is 37.9 Å². The number of rotatable bonds is 7. The fourth-order valence-electron chi connectivity index (χ4n) is 3.36. The van der Waals surface area contributed by atoms with E-state index in [4.69, 9.17) is 0 Å². The van der Waals surface area contributed by atoms with Crippen molar-refractivity contribution >= 4 is 12.0 Å². The maximum atomic E-state index is 12.4. The van der Waals surface area contributed by atoms with E-state index < -0.39 is 12.1 Å². The molecule has 0 spiro atoms. The normalized spacial score (nSPS) is 16.6. The maximum Gasteiger partial charge on any atom is 0.407 e. The molecule has 0 radical (unpaired) electrons. The maximum absolute atomic E-state index is 12.4. The SMILES string of the molecule is COC(=O)N[C@H](C)C(=O)N1CCC(c2nccn2CCCN(C)C)CC1. The van der Waals surface area contributed by atoms with Crippen LogP contribution in [0.2, 0.25) is 0 Å². The number of likely N-dealkylation sites (tertiary alicyclic amines) is 1. The number of alkyl carbamates (subject to hydrolysis) is 1. The number of ether oxygens (including phenoxy) is 1. The number of methoxy groups -OCH3 is 1. The lowest BCUT2D eigenvalue weighted by atomic mass is 9.95. The number of piperidine rings is 1. The molecule has 1 aromatic rings. The first-order valence-corrected chi connectivity index (χ1v) is 9.21. The number of aryl methyl sites for hydroxylation is 1. The molecule has 1 aliphatic rings. The number of carbonyl (C=O) groups is 2. The van der Waals surface area contributed by atoms with Crippen LogP contribution in [0.25, 0.3) is 0 Å². The summed E-state index contributed by atoms with van der Waals surface area (Å²) in [5.74, 6) is 1.43. The lowest BCUT2D eigenvalue weighted by molar-refractivity contribution is -0.134. The fourth-order valence-corrected chi connectivity index (χ4v) is 3.36. The highest BCUT2D eigenvalue weighted by atomic mass is 16.5. The van der Waals surface area contributed by atoms with Gasteiger partial charge in [-0.3, -0.25) is 4.79 Å². The van der Waals surface area contributed by atoms with Crippen LogP contribution in [0.3, 0.4) is 0 Å². The van der Waals surface area contributed by atoms with Crippen LogP contribution >= 0.6 is 0 Å². The van der Waals surface area contributed by atoms with E-state index in [2.05, 4.69) is 38.6 Å². The Morgan fingerprint density at radius 1 is 1.38 bits per heavy atom. The Morgan fingerprint density at radius 3 is 2.69 bits per heavy atom. The highest BCUT2D eigenvalue weighted by molar-refractivity contribution is 5.85. The second-order valence-electron chi connectivity index (χ2n) is 7.09. The van der Waals surface area contributed by atoms with E-state index >= 15 is 0 Å². The number of hydrogen-bond acceptors (Lipinski definition) is 5. The van der Waals surface area contributed by atoms with Gasteiger partial charge in [-0.1, -0.05) is 0 Å². The molecule has 8 nitrogen and oxygen atoms in total. The second-order valence-corrected chi connectivity index (χ2v) is 7.09. The smallest absolute Gasteiger partial charge is 0.407 e. The quantitative estimate of drug-likeness (QED) is 0.787. The largest absolute Gasteiger partial charge is 0.453 e. The van der Waals surface area contributed by atoms with Gasteiger partial charge in [0.2, 0.25) is 5.91 Å². The average Bonchev–Trinajstić information content (AvgIpc) is 3.09. The van der Waals surface area contributed by atoms with Crippen molar-refractivity contribution in [3.05, 3.63) is 18.2 Å². The minimum atomic E-state index is -0.583. The minimum Gasteiger partial charge on any atom is -0.453 e. The third kappa shape index (κ3) is 5.45. The van der Waals surface area contributed by atoms with Gasteiger partial charge in [0.15, 0.2) is 0 Å². The summed E-state index contributed by atoms with van der Waals surface area (Å²) in [7, 11) is 5.45. The van der Waals surface area contributed by atoms with Gasteiger partial charge < -0.3 is 24.4 Å². The Labute approximate surface area is 155 Å². The number of aromatic nitrogens is 2. The van der Waals surface area contributed by atoms with E-state index in [1.54, 1.807) is 6.92 Å². The third-order valence-electron chi connectivity index (χ3n) is 4.81. The summed E-state index contributed by atoms with van der Waals surface area (Å²) in [4.78, 5) is 32.3. The molecule has 0 unspecified atom stereocenters. The van der Waals surface area contributed by atoms with E-state index in [-0.39, 0.29) is 5.91 Å². The second kappa shape index (κ2) is 9.56. The first-order chi connectivity index (χ1) is 12.4. The van der Waals surface area contributed by atoms with Crippen molar-refractivity contribution in [3.63, 3.8) is 0 Å². The summed E-state index contributed by atoms with van der Waals surface area (Å²) < 4.78 is 6.79. The monoisotopic (exact) mass is 365 g/mol.